The molecule has 0 bridgehead atoms. The molecule has 0 saturated heterocycles. The Balaban J connectivity index is 2.50. The highest BCUT2D eigenvalue weighted by molar-refractivity contribution is 6.00. The van der Waals surface area contributed by atoms with Crippen LogP contribution in [0, 0.1) is 0 Å². The number of carbonyl (C=O) groups excluding carboxylic acids is 2. The van der Waals surface area contributed by atoms with Gasteiger partial charge in [0, 0.05) is 0 Å². The van der Waals surface area contributed by atoms with Crippen molar-refractivity contribution in [3.05, 3.63) is 30.0 Å². The SMILES string of the molecule is COC(=O)c1nc(-c2ccoc2)oc1C(=O)OC. The number of hydrogen-bond donors (Lipinski definition) is 0. The molecule has 2 aromatic rings. The Bertz CT molecular complexity index is 535. The Labute approximate surface area is 101 Å². The molecule has 18 heavy (non-hydrogen) atoms. The van der Waals surface area contributed by atoms with Crippen molar-refractivity contribution in [2.45, 2.75) is 0 Å². The number of methoxy groups -OCH3 is 2. The molecule has 0 aromatic carbocycles. The molecule has 2 aromatic heterocycles. The summed E-state index contributed by atoms with van der Waals surface area (Å²) in [5.41, 5.74) is 0.260. The lowest BCUT2D eigenvalue weighted by Crippen LogP contribution is -2.10. The van der Waals surface area contributed by atoms with Crippen molar-refractivity contribution in [2.24, 2.45) is 0 Å². The number of furan rings is 1. The van der Waals surface area contributed by atoms with Crippen LogP contribution < -0.4 is 0 Å². The van der Waals surface area contributed by atoms with Crippen LogP contribution in [0.2, 0.25) is 0 Å². The summed E-state index contributed by atoms with van der Waals surface area (Å²) >= 11 is 0. The molecule has 0 atom stereocenters. The van der Waals surface area contributed by atoms with Gasteiger partial charge in [0.15, 0.2) is 0 Å². The van der Waals surface area contributed by atoms with E-state index >= 15 is 0 Å². The highest BCUT2D eigenvalue weighted by atomic mass is 16.5. The van der Waals surface area contributed by atoms with E-state index in [0.29, 0.717) is 5.56 Å². The summed E-state index contributed by atoms with van der Waals surface area (Å²) in [5, 5.41) is 0. The highest BCUT2D eigenvalue weighted by Crippen LogP contribution is 2.23. The second-order valence-electron chi connectivity index (χ2n) is 3.19. The molecule has 0 fully saturated rings. The smallest absolute Gasteiger partial charge is 0.376 e. The van der Waals surface area contributed by atoms with Crippen molar-refractivity contribution in [1.29, 1.82) is 0 Å². The highest BCUT2D eigenvalue weighted by Gasteiger charge is 2.27. The molecule has 0 spiro atoms. The van der Waals surface area contributed by atoms with Crippen LogP contribution in [0.25, 0.3) is 11.5 Å². The summed E-state index contributed by atoms with van der Waals surface area (Å²) in [5.74, 6) is -1.82. The monoisotopic (exact) mass is 251 g/mol. The molecule has 0 aliphatic carbocycles. The van der Waals surface area contributed by atoms with E-state index in [-0.39, 0.29) is 17.3 Å². The van der Waals surface area contributed by atoms with Crippen LogP contribution >= 0.6 is 0 Å². The van der Waals surface area contributed by atoms with Gasteiger partial charge in [0.05, 0.1) is 26.0 Å². The first-order valence-corrected chi connectivity index (χ1v) is 4.87. The molecular weight excluding hydrogens is 242 g/mol. The molecule has 0 unspecified atom stereocenters. The predicted octanol–water partition coefficient (Wildman–Crippen LogP) is 1.51. The first kappa shape index (κ1) is 11.9. The van der Waals surface area contributed by atoms with Crippen LogP contribution in [0.5, 0.6) is 0 Å². The predicted molar refractivity (Wildman–Crippen MR) is 56.9 cm³/mol. The lowest BCUT2D eigenvalue weighted by atomic mass is 10.3. The van der Waals surface area contributed by atoms with Crippen LogP contribution in [0.3, 0.4) is 0 Å². The van der Waals surface area contributed by atoms with Gasteiger partial charge in [-0.1, -0.05) is 0 Å². The van der Waals surface area contributed by atoms with Gasteiger partial charge >= 0.3 is 11.9 Å². The van der Waals surface area contributed by atoms with Crippen LogP contribution in [-0.2, 0) is 9.47 Å². The van der Waals surface area contributed by atoms with E-state index < -0.39 is 11.9 Å². The average Bonchev–Trinajstić information content (AvgIpc) is 3.04. The van der Waals surface area contributed by atoms with Gasteiger partial charge in [-0.25, -0.2) is 14.6 Å². The summed E-state index contributed by atoms with van der Waals surface area (Å²) in [6, 6.07) is 1.58. The number of aromatic nitrogens is 1. The quantitative estimate of drug-likeness (QED) is 0.763. The Morgan fingerprint density at radius 2 is 1.94 bits per heavy atom. The topological polar surface area (TPSA) is 91.8 Å². The molecule has 0 N–H and O–H groups in total. The van der Waals surface area contributed by atoms with E-state index in [4.69, 9.17) is 8.83 Å². The molecule has 0 aliphatic rings. The van der Waals surface area contributed by atoms with Crippen LogP contribution in [0.15, 0.2) is 27.4 Å². The first-order valence-electron chi connectivity index (χ1n) is 4.87. The van der Waals surface area contributed by atoms with Gasteiger partial charge in [-0.05, 0) is 6.07 Å². The van der Waals surface area contributed by atoms with Gasteiger partial charge in [0.1, 0.15) is 6.26 Å². The second kappa shape index (κ2) is 4.74. The maximum absolute atomic E-state index is 11.5. The minimum absolute atomic E-state index is 0.0737. The molecule has 7 heteroatoms. The van der Waals surface area contributed by atoms with E-state index in [1.54, 1.807) is 6.07 Å². The Hall–Kier alpha value is -2.57. The minimum atomic E-state index is -0.808. The second-order valence-corrected chi connectivity index (χ2v) is 3.19. The van der Waals surface area contributed by atoms with Gasteiger partial charge < -0.3 is 18.3 Å². The third kappa shape index (κ3) is 1.97. The zero-order chi connectivity index (χ0) is 13.1. The standard InChI is InChI=1S/C11H9NO6/c1-15-10(13)7-8(11(14)16-2)18-9(12-7)6-3-4-17-5-6/h3-5H,1-2H3. The van der Waals surface area contributed by atoms with Gasteiger partial charge in [0.25, 0.3) is 0 Å². The molecule has 94 valence electrons. The maximum atomic E-state index is 11.5. The van der Waals surface area contributed by atoms with E-state index in [2.05, 4.69) is 14.5 Å². The third-order valence-corrected chi connectivity index (χ3v) is 2.14. The zero-order valence-electron chi connectivity index (χ0n) is 9.63. The van der Waals surface area contributed by atoms with Crippen molar-refractivity contribution in [3.63, 3.8) is 0 Å². The number of nitrogens with zero attached hydrogens (tertiary/aromatic N) is 1. The molecule has 0 radical (unpaired) electrons. The zero-order valence-corrected chi connectivity index (χ0v) is 9.63. The first-order chi connectivity index (χ1) is 8.67. The Morgan fingerprint density at radius 3 is 2.50 bits per heavy atom. The minimum Gasteiger partial charge on any atom is -0.472 e. The number of esters is 2. The van der Waals surface area contributed by atoms with Crippen LogP contribution in [-0.4, -0.2) is 31.1 Å². The van der Waals surface area contributed by atoms with Gasteiger partial charge in [0.2, 0.25) is 17.3 Å². The van der Waals surface area contributed by atoms with E-state index in [1.165, 1.54) is 26.7 Å². The Kier molecular flexibility index (Phi) is 3.13. The summed E-state index contributed by atoms with van der Waals surface area (Å²) in [7, 11) is 2.35. The van der Waals surface area contributed by atoms with Gasteiger partial charge in [-0.15, -0.1) is 0 Å². The molecular formula is C11H9NO6. The summed E-state index contributed by atoms with van der Waals surface area (Å²) in [6.45, 7) is 0. The number of ether oxygens (including phenoxy) is 2. The van der Waals surface area contributed by atoms with Crippen LogP contribution in [0.1, 0.15) is 21.0 Å². The van der Waals surface area contributed by atoms with Crippen LogP contribution in [0.4, 0.5) is 0 Å². The number of hydrogen-bond acceptors (Lipinski definition) is 7. The van der Waals surface area contributed by atoms with Crippen molar-refractivity contribution >= 4 is 11.9 Å². The summed E-state index contributed by atoms with van der Waals surface area (Å²) in [4.78, 5) is 26.8. The number of carbonyl (C=O) groups is 2. The lowest BCUT2D eigenvalue weighted by Gasteiger charge is -1.96. The van der Waals surface area contributed by atoms with Crippen molar-refractivity contribution in [1.82, 2.24) is 4.98 Å². The van der Waals surface area contributed by atoms with E-state index in [9.17, 15) is 9.59 Å². The molecule has 0 saturated carbocycles. The van der Waals surface area contributed by atoms with Crippen molar-refractivity contribution in [3.8, 4) is 11.5 Å². The fourth-order valence-corrected chi connectivity index (χ4v) is 1.30. The van der Waals surface area contributed by atoms with Gasteiger partial charge in [-0.2, -0.15) is 0 Å². The van der Waals surface area contributed by atoms with Gasteiger partial charge in [-0.3, -0.25) is 0 Å². The van der Waals surface area contributed by atoms with Crippen molar-refractivity contribution in [2.75, 3.05) is 14.2 Å². The average molecular weight is 251 g/mol. The molecule has 0 amide bonds. The van der Waals surface area contributed by atoms with E-state index in [0.717, 1.165) is 0 Å². The number of oxazole rings is 1. The summed E-state index contributed by atoms with van der Waals surface area (Å²) < 4.78 is 19.1. The molecule has 2 rings (SSSR count). The fourth-order valence-electron chi connectivity index (χ4n) is 1.30. The largest absolute Gasteiger partial charge is 0.472 e. The lowest BCUT2D eigenvalue weighted by molar-refractivity contribution is 0.0527. The molecule has 7 nitrogen and oxygen atoms in total. The van der Waals surface area contributed by atoms with E-state index in [1.807, 2.05) is 0 Å². The fraction of sp³-hybridized carbons (Fsp3) is 0.182. The Morgan fingerprint density at radius 1 is 1.22 bits per heavy atom. The third-order valence-electron chi connectivity index (χ3n) is 2.14. The normalized spacial score (nSPS) is 10.1. The summed E-state index contributed by atoms with van der Waals surface area (Å²) in [6.07, 6.45) is 2.78. The maximum Gasteiger partial charge on any atom is 0.376 e. The molecule has 2 heterocycles. The number of rotatable bonds is 3. The molecule has 0 aliphatic heterocycles. The van der Waals surface area contributed by atoms with Crippen molar-refractivity contribution < 1.29 is 27.9 Å².